The van der Waals surface area contributed by atoms with E-state index in [1.165, 1.54) is 24.3 Å². The molecule has 0 radical (unpaired) electrons. The average Bonchev–Trinajstić information content (AvgIpc) is 2.65. The number of carbonyl (C=O) groups is 2. The molecule has 27 heavy (non-hydrogen) atoms. The number of rotatable bonds is 8. The zero-order valence-electron chi connectivity index (χ0n) is 15.1. The molecule has 0 spiro atoms. The Morgan fingerprint density at radius 3 is 2.59 bits per heavy atom. The molecule has 0 fully saturated rings. The summed E-state index contributed by atoms with van der Waals surface area (Å²) in [7, 11) is 0. The highest BCUT2D eigenvalue weighted by atomic mass is 16.6. The number of hydrogen-bond donors (Lipinski definition) is 1. The number of carbonyl (C=O) groups excluding carboxylic acids is 2. The first-order valence-electron chi connectivity index (χ1n) is 8.33. The SMILES string of the molecule is CCOCCOC(=O)c1cccc(NC(=O)c2ccc(C)c([N+](=O)[O-])c2)c1. The molecule has 0 saturated carbocycles. The number of benzene rings is 2. The second-order valence-corrected chi connectivity index (χ2v) is 5.63. The molecule has 1 amide bonds. The maximum absolute atomic E-state index is 12.4. The van der Waals surface area contributed by atoms with Gasteiger partial charge in [0.25, 0.3) is 11.6 Å². The minimum absolute atomic E-state index is 0.130. The van der Waals surface area contributed by atoms with Crippen molar-refractivity contribution in [3.63, 3.8) is 0 Å². The van der Waals surface area contributed by atoms with Crippen molar-refractivity contribution in [3.05, 3.63) is 69.3 Å². The molecule has 142 valence electrons. The number of aryl methyl sites for hydroxylation is 1. The number of amides is 1. The third kappa shape index (κ3) is 5.61. The molecule has 0 heterocycles. The van der Waals surface area contributed by atoms with Crippen molar-refractivity contribution < 1.29 is 24.0 Å². The Labute approximate surface area is 156 Å². The van der Waals surface area contributed by atoms with Gasteiger partial charge in [-0.1, -0.05) is 12.1 Å². The van der Waals surface area contributed by atoms with E-state index in [2.05, 4.69) is 5.32 Å². The van der Waals surface area contributed by atoms with E-state index < -0.39 is 16.8 Å². The van der Waals surface area contributed by atoms with Gasteiger partial charge in [-0.2, -0.15) is 0 Å². The van der Waals surface area contributed by atoms with Crippen LogP contribution in [-0.2, 0) is 9.47 Å². The van der Waals surface area contributed by atoms with Crippen molar-refractivity contribution in [2.75, 3.05) is 25.1 Å². The van der Waals surface area contributed by atoms with Gasteiger partial charge in [-0.3, -0.25) is 14.9 Å². The summed E-state index contributed by atoms with van der Waals surface area (Å²) in [5.74, 6) is -1.04. The first kappa shape index (κ1) is 20.1. The van der Waals surface area contributed by atoms with Crippen LogP contribution in [0.4, 0.5) is 11.4 Å². The van der Waals surface area contributed by atoms with Crippen LogP contribution in [-0.4, -0.2) is 36.6 Å². The first-order valence-corrected chi connectivity index (χ1v) is 8.33. The number of nitrogens with zero attached hydrogens (tertiary/aromatic N) is 1. The second kappa shape index (κ2) is 9.44. The van der Waals surface area contributed by atoms with Gasteiger partial charge in [-0.25, -0.2) is 4.79 Å². The van der Waals surface area contributed by atoms with Gasteiger partial charge in [0.2, 0.25) is 0 Å². The monoisotopic (exact) mass is 372 g/mol. The van der Waals surface area contributed by atoms with Crippen LogP contribution in [0.2, 0.25) is 0 Å². The van der Waals surface area contributed by atoms with Gasteiger partial charge >= 0.3 is 5.97 Å². The summed E-state index contributed by atoms with van der Waals surface area (Å²) in [5.41, 5.74) is 1.14. The van der Waals surface area contributed by atoms with Crippen LogP contribution in [0.15, 0.2) is 42.5 Å². The van der Waals surface area contributed by atoms with Crippen molar-refractivity contribution in [1.82, 2.24) is 0 Å². The zero-order chi connectivity index (χ0) is 19.8. The van der Waals surface area contributed by atoms with Gasteiger partial charge < -0.3 is 14.8 Å². The maximum Gasteiger partial charge on any atom is 0.338 e. The zero-order valence-corrected chi connectivity index (χ0v) is 15.1. The second-order valence-electron chi connectivity index (χ2n) is 5.63. The van der Waals surface area contributed by atoms with Crippen molar-refractivity contribution in [1.29, 1.82) is 0 Å². The highest BCUT2D eigenvalue weighted by Gasteiger charge is 2.16. The summed E-state index contributed by atoms with van der Waals surface area (Å²) in [6.07, 6.45) is 0. The van der Waals surface area contributed by atoms with E-state index in [0.29, 0.717) is 24.5 Å². The van der Waals surface area contributed by atoms with Gasteiger partial charge in [0.15, 0.2) is 0 Å². The fourth-order valence-corrected chi connectivity index (χ4v) is 2.30. The lowest BCUT2D eigenvalue weighted by Crippen LogP contribution is -2.14. The van der Waals surface area contributed by atoms with E-state index >= 15 is 0 Å². The Hall–Kier alpha value is -3.26. The molecule has 2 aromatic carbocycles. The molecule has 2 rings (SSSR count). The molecular formula is C19H20N2O6. The highest BCUT2D eigenvalue weighted by Crippen LogP contribution is 2.20. The summed E-state index contributed by atoms with van der Waals surface area (Å²) >= 11 is 0. The molecule has 8 heteroatoms. The molecule has 0 aliphatic rings. The van der Waals surface area contributed by atoms with Crippen molar-refractivity contribution in [2.45, 2.75) is 13.8 Å². The quantitative estimate of drug-likeness (QED) is 0.329. The summed E-state index contributed by atoms with van der Waals surface area (Å²) in [6, 6.07) is 10.5. The van der Waals surface area contributed by atoms with Crippen molar-refractivity contribution in [2.24, 2.45) is 0 Å². The Kier molecular flexibility index (Phi) is 7.01. The Bertz CT molecular complexity index is 850. The van der Waals surface area contributed by atoms with E-state index in [1.807, 2.05) is 6.92 Å². The molecule has 0 saturated heterocycles. The number of nitro benzene ring substituents is 1. The number of esters is 1. The van der Waals surface area contributed by atoms with Gasteiger partial charge in [0, 0.05) is 29.5 Å². The largest absolute Gasteiger partial charge is 0.460 e. The molecule has 2 aromatic rings. The van der Waals surface area contributed by atoms with Crippen LogP contribution in [0.1, 0.15) is 33.2 Å². The normalized spacial score (nSPS) is 10.3. The first-order chi connectivity index (χ1) is 12.9. The number of ether oxygens (including phenoxy) is 2. The number of nitrogens with one attached hydrogen (secondary N) is 1. The minimum atomic E-state index is -0.537. The number of anilines is 1. The van der Waals surface area contributed by atoms with Crippen molar-refractivity contribution in [3.8, 4) is 0 Å². The molecule has 1 N–H and O–H groups in total. The van der Waals surface area contributed by atoms with Crippen LogP contribution in [0.25, 0.3) is 0 Å². The Morgan fingerprint density at radius 1 is 1.11 bits per heavy atom. The lowest BCUT2D eigenvalue weighted by molar-refractivity contribution is -0.385. The van der Waals surface area contributed by atoms with E-state index in [4.69, 9.17) is 9.47 Å². The van der Waals surface area contributed by atoms with Gasteiger partial charge in [-0.15, -0.1) is 0 Å². The van der Waals surface area contributed by atoms with E-state index in [0.717, 1.165) is 0 Å². The van der Waals surface area contributed by atoms with Crippen LogP contribution in [0, 0.1) is 17.0 Å². The molecule has 0 atom stereocenters. The van der Waals surface area contributed by atoms with Crippen LogP contribution in [0.3, 0.4) is 0 Å². The van der Waals surface area contributed by atoms with Crippen LogP contribution >= 0.6 is 0 Å². The molecule has 8 nitrogen and oxygen atoms in total. The van der Waals surface area contributed by atoms with Crippen LogP contribution in [0.5, 0.6) is 0 Å². The average molecular weight is 372 g/mol. The summed E-state index contributed by atoms with van der Waals surface area (Å²) in [5, 5.41) is 13.6. The number of nitro groups is 1. The number of hydrogen-bond acceptors (Lipinski definition) is 6. The minimum Gasteiger partial charge on any atom is -0.460 e. The maximum atomic E-state index is 12.4. The van der Waals surface area contributed by atoms with Crippen molar-refractivity contribution >= 4 is 23.3 Å². The predicted molar refractivity (Wildman–Crippen MR) is 99.0 cm³/mol. The smallest absolute Gasteiger partial charge is 0.338 e. The predicted octanol–water partition coefficient (Wildman–Crippen LogP) is 3.35. The van der Waals surface area contributed by atoms with Gasteiger partial charge in [-0.05, 0) is 38.1 Å². The van der Waals surface area contributed by atoms with Gasteiger partial charge in [0.1, 0.15) is 6.61 Å². The molecule has 0 aliphatic carbocycles. The molecule has 0 aliphatic heterocycles. The molecule has 0 bridgehead atoms. The molecule has 0 unspecified atom stereocenters. The standard InChI is InChI=1S/C19H20N2O6/c1-3-26-9-10-27-19(23)15-5-4-6-16(11-15)20-18(22)14-8-7-13(2)17(12-14)21(24)25/h4-8,11-12H,3,9-10H2,1-2H3,(H,20,22). The lowest BCUT2D eigenvalue weighted by Gasteiger charge is -2.08. The fraction of sp³-hybridized carbons (Fsp3) is 0.263. The highest BCUT2D eigenvalue weighted by molar-refractivity contribution is 6.05. The fourth-order valence-electron chi connectivity index (χ4n) is 2.30. The lowest BCUT2D eigenvalue weighted by atomic mass is 10.1. The summed E-state index contributed by atoms with van der Waals surface area (Å²) < 4.78 is 10.2. The van der Waals surface area contributed by atoms with E-state index in [-0.39, 0.29) is 23.4 Å². The van der Waals surface area contributed by atoms with E-state index in [9.17, 15) is 19.7 Å². The third-order valence-corrected chi connectivity index (χ3v) is 3.69. The van der Waals surface area contributed by atoms with Gasteiger partial charge in [0.05, 0.1) is 17.1 Å². The molecule has 0 aromatic heterocycles. The summed E-state index contributed by atoms with van der Waals surface area (Å²) in [4.78, 5) is 34.8. The van der Waals surface area contributed by atoms with E-state index in [1.54, 1.807) is 25.1 Å². The third-order valence-electron chi connectivity index (χ3n) is 3.69. The molecular weight excluding hydrogens is 352 g/mol. The Morgan fingerprint density at radius 2 is 1.89 bits per heavy atom. The summed E-state index contributed by atoms with van der Waals surface area (Å²) in [6.45, 7) is 4.43. The van der Waals surface area contributed by atoms with Crippen LogP contribution < -0.4 is 5.32 Å². The Balaban J connectivity index is 2.07. The topological polar surface area (TPSA) is 108 Å².